The number of anilines is 1. The third-order valence-corrected chi connectivity index (χ3v) is 5.66. The maximum atomic E-state index is 12.7. The number of rotatable bonds is 5. The minimum atomic E-state index is -5.22. The van der Waals surface area contributed by atoms with Gasteiger partial charge >= 0.3 is 6.18 Å². The molecule has 0 fully saturated rings. The molecule has 1 amide bonds. The van der Waals surface area contributed by atoms with Gasteiger partial charge in [-0.1, -0.05) is 23.2 Å². The lowest BCUT2D eigenvalue weighted by Gasteiger charge is -2.25. The average Bonchev–Trinajstić information content (AvgIpc) is 2.40. The molecule has 0 radical (unpaired) electrons. The Hall–Kier alpha value is -1.07. The zero-order chi connectivity index (χ0) is 19.8. The number of carbonyl (C=O) groups excluding carboxylic acids is 1. The second-order valence-electron chi connectivity index (χ2n) is 5.54. The first kappa shape index (κ1) is 22.0. The van der Waals surface area contributed by atoms with Crippen LogP contribution in [0.3, 0.4) is 0 Å². The first-order valence-corrected chi connectivity index (χ1v) is 8.96. The topological polar surface area (TPSA) is 95.5 Å². The van der Waals surface area contributed by atoms with E-state index in [1.165, 1.54) is 0 Å². The van der Waals surface area contributed by atoms with Gasteiger partial charge in [-0.2, -0.15) is 13.2 Å². The molecule has 0 spiro atoms. The largest absolute Gasteiger partial charge is 0.426 e. The SMILES string of the molecule is CC(C)NS(=O)(=O)c1ccc(NC(=O)[C@@](C)(O)C(F)(F)F)c(Cl)c1Cl. The van der Waals surface area contributed by atoms with E-state index in [-0.39, 0.29) is 12.6 Å². The second-order valence-corrected chi connectivity index (χ2v) is 7.98. The van der Waals surface area contributed by atoms with Gasteiger partial charge in [0.2, 0.25) is 15.6 Å². The molecule has 1 rings (SSSR count). The number of halogens is 5. The third kappa shape index (κ3) is 4.76. The lowest BCUT2D eigenvalue weighted by Crippen LogP contribution is -2.52. The number of sulfonamides is 1. The molecular weight excluding hydrogens is 408 g/mol. The van der Waals surface area contributed by atoms with Gasteiger partial charge in [-0.15, -0.1) is 0 Å². The summed E-state index contributed by atoms with van der Waals surface area (Å²) in [6.07, 6.45) is -5.22. The second kappa shape index (κ2) is 7.28. The van der Waals surface area contributed by atoms with Crippen LogP contribution in [0.25, 0.3) is 0 Å². The minimum absolute atomic E-state index is 0.267. The van der Waals surface area contributed by atoms with Crippen molar-refractivity contribution in [2.75, 3.05) is 5.32 Å². The van der Waals surface area contributed by atoms with Crippen LogP contribution >= 0.6 is 23.2 Å². The van der Waals surface area contributed by atoms with Crippen molar-refractivity contribution in [2.45, 2.75) is 43.5 Å². The van der Waals surface area contributed by atoms with Crippen LogP contribution in [-0.4, -0.2) is 37.3 Å². The van der Waals surface area contributed by atoms with Crippen molar-refractivity contribution in [3.63, 3.8) is 0 Å². The van der Waals surface area contributed by atoms with E-state index in [1.54, 1.807) is 19.2 Å². The van der Waals surface area contributed by atoms with E-state index in [0.29, 0.717) is 0 Å². The van der Waals surface area contributed by atoms with Crippen molar-refractivity contribution < 1.29 is 31.5 Å². The highest BCUT2D eigenvalue weighted by Crippen LogP contribution is 2.37. The van der Waals surface area contributed by atoms with Crippen molar-refractivity contribution in [2.24, 2.45) is 0 Å². The van der Waals surface area contributed by atoms with Gasteiger partial charge in [-0.3, -0.25) is 4.79 Å². The van der Waals surface area contributed by atoms with E-state index < -0.39 is 48.7 Å². The fraction of sp³-hybridized carbons (Fsp3) is 0.462. The van der Waals surface area contributed by atoms with Crippen molar-refractivity contribution in [3.05, 3.63) is 22.2 Å². The summed E-state index contributed by atoms with van der Waals surface area (Å²) in [5, 5.41) is 10.1. The normalized spacial score (nSPS) is 15.1. The van der Waals surface area contributed by atoms with Crippen molar-refractivity contribution in [1.82, 2.24) is 4.72 Å². The summed E-state index contributed by atoms with van der Waals surface area (Å²) in [5.74, 6) is -1.80. The Morgan fingerprint density at radius 1 is 1.20 bits per heavy atom. The molecule has 0 heterocycles. The number of hydrogen-bond acceptors (Lipinski definition) is 4. The molecule has 1 atom stereocenters. The molecule has 6 nitrogen and oxygen atoms in total. The van der Waals surface area contributed by atoms with Gasteiger partial charge in [0.25, 0.3) is 5.91 Å². The number of alkyl halides is 3. The van der Waals surface area contributed by atoms with Crippen molar-refractivity contribution in [1.29, 1.82) is 0 Å². The van der Waals surface area contributed by atoms with Crippen molar-refractivity contribution >= 4 is 44.8 Å². The summed E-state index contributed by atoms with van der Waals surface area (Å²) in [5.41, 5.74) is -4.06. The molecule has 0 aliphatic rings. The van der Waals surface area contributed by atoms with Crippen LogP contribution in [0, 0.1) is 0 Å². The summed E-state index contributed by atoms with van der Waals surface area (Å²) >= 11 is 11.7. The fourth-order valence-electron chi connectivity index (χ4n) is 1.58. The van der Waals surface area contributed by atoms with Gasteiger partial charge in [0, 0.05) is 6.04 Å². The summed E-state index contributed by atoms with van der Waals surface area (Å²) in [4.78, 5) is 11.2. The Bertz CT molecular complexity index is 780. The van der Waals surface area contributed by atoms with Crippen LogP contribution in [-0.2, 0) is 14.8 Å². The van der Waals surface area contributed by atoms with Crippen LogP contribution in [0.5, 0.6) is 0 Å². The van der Waals surface area contributed by atoms with Gasteiger partial charge in [0.05, 0.1) is 15.7 Å². The molecule has 1 aromatic rings. The van der Waals surface area contributed by atoms with E-state index in [0.717, 1.165) is 12.1 Å². The number of benzene rings is 1. The van der Waals surface area contributed by atoms with Gasteiger partial charge in [0.1, 0.15) is 4.90 Å². The van der Waals surface area contributed by atoms with E-state index in [4.69, 9.17) is 23.2 Å². The first-order valence-electron chi connectivity index (χ1n) is 6.72. The number of aliphatic hydroxyl groups is 1. The molecule has 12 heteroatoms. The van der Waals surface area contributed by atoms with Crippen LogP contribution in [0.2, 0.25) is 10.0 Å². The molecule has 0 aromatic heterocycles. The standard InChI is InChI=1S/C13H15Cl2F3N2O4S/c1-6(2)20-25(23,24)8-5-4-7(9(14)10(8)15)19-11(21)12(3,22)13(16,17)18/h4-6,20,22H,1-3H3,(H,19,21)/t12-/m1/s1. The summed E-state index contributed by atoms with van der Waals surface area (Å²) < 4.78 is 64.4. The zero-order valence-electron chi connectivity index (χ0n) is 13.2. The highest BCUT2D eigenvalue weighted by atomic mass is 35.5. The van der Waals surface area contributed by atoms with Crippen LogP contribution < -0.4 is 10.0 Å². The molecule has 25 heavy (non-hydrogen) atoms. The molecule has 0 saturated heterocycles. The lowest BCUT2D eigenvalue weighted by atomic mass is 10.1. The maximum Gasteiger partial charge on any atom is 0.426 e. The lowest BCUT2D eigenvalue weighted by molar-refractivity contribution is -0.242. The molecule has 0 bridgehead atoms. The van der Waals surface area contributed by atoms with Gasteiger partial charge < -0.3 is 10.4 Å². The monoisotopic (exact) mass is 422 g/mol. The predicted molar refractivity (Wildman–Crippen MR) is 87.2 cm³/mol. The summed E-state index contributed by atoms with van der Waals surface area (Å²) in [7, 11) is -4.02. The van der Waals surface area contributed by atoms with Crippen LogP contribution in [0.15, 0.2) is 17.0 Å². The molecular formula is C13H15Cl2F3N2O4S. The van der Waals surface area contributed by atoms with Crippen LogP contribution in [0.4, 0.5) is 18.9 Å². The maximum absolute atomic E-state index is 12.7. The third-order valence-electron chi connectivity index (χ3n) is 2.97. The van der Waals surface area contributed by atoms with E-state index in [9.17, 15) is 31.5 Å². The van der Waals surface area contributed by atoms with Gasteiger partial charge in [0.15, 0.2) is 0 Å². The molecule has 0 unspecified atom stereocenters. The highest BCUT2D eigenvalue weighted by Gasteiger charge is 2.55. The number of carbonyl (C=O) groups is 1. The van der Waals surface area contributed by atoms with E-state index in [1.807, 2.05) is 0 Å². The minimum Gasteiger partial charge on any atom is -0.373 e. The quantitative estimate of drug-likeness (QED) is 0.679. The van der Waals surface area contributed by atoms with Gasteiger partial charge in [-0.05, 0) is 32.9 Å². The number of hydrogen-bond donors (Lipinski definition) is 3. The fourth-order valence-corrected chi connectivity index (χ4v) is 3.65. The summed E-state index contributed by atoms with van der Waals surface area (Å²) in [6, 6.07) is 1.49. The summed E-state index contributed by atoms with van der Waals surface area (Å²) in [6.45, 7) is 3.41. The predicted octanol–water partition coefficient (Wildman–Crippen LogP) is 2.93. The number of amides is 1. The molecule has 0 saturated carbocycles. The Labute approximate surface area is 152 Å². The molecule has 0 aliphatic carbocycles. The zero-order valence-corrected chi connectivity index (χ0v) is 15.5. The molecule has 0 aliphatic heterocycles. The Morgan fingerprint density at radius 3 is 2.16 bits per heavy atom. The molecule has 1 aromatic carbocycles. The smallest absolute Gasteiger partial charge is 0.373 e. The number of nitrogens with one attached hydrogen (secondary N) is 2. The first-order chi connectivity index (χ1) is 11.1. The average molecular weight is 423 g/mol. The molecule has 3 N–H and O–H groups in total. The molecule has 142 valence electrons. The Morgan fingerprint density at radius 2 is 1.72 bits per heavy atom. The van der Waals surface area contributed by atoms with Crippen molar-refractivity contribution in [3.8, 4) is 0 Å². The van der Waals surface area contributed by atoms with Crippen LogP contribution in [0.1, 0.15) is 20.8 Å². The highest BCUT2D eigenvalue weighted by molar-refractivity contribution is 7.89. The Balaban J connectivity index is 3.23. The van der Waals surface area contributed by atoms with E-state index >= 15 is 0 Å². The Kier molecular flexibility index (Phi) is 6.39. The van der Waals surface area contributed by atoms with Gasteiger partial charge in [-0.25, -0.2) is 13.1 Å². The van der Waals surface area contributed by atoms with E-state index in [2.05, 4.69) is 4.72 Å².